The summed E-state index contributed by atoms with van der Waals surface area (Å²) in [6.07, 6.45) is 1.41. The van der Waals surface area contributed by atoms with E-state index in [9.17, 15) is 9.59 Å². The van der Waals surface area contributed by atoms with Crippen molar-refractivity contribution in [3.63, 3.8) is 0 Å². The van der Waals surface area contributed by atoms with Gasteiger partial charge < -0.3 is 9.47 Å². The lowest BCUT2D eigenvalue weighted by atomic mass is 10.1. The van der Waals surface area contributed by atoms with E-state index in [4.69, 9.17) is 9.47 Å². The molecule has 1 N–H and O–H groups in total. The Balaban J connectivity index is 1.61. The molecular formula is C24H21BrN2O4. The smallest absolute Gasteiger partial charge is 0.343 e. The number of rotatable bonds is 7. The van der Waals surface area contributed by atoms with E-state index < -0.39 is 11.9 Å². The number of amides is 1. The topological polar surface area (TPSA) is 77.0 Å². The number of hydrazone groups is 1. The standard InChI is InChI=1S/C24H21BrN2O4/c1-16-6-8-18(9-7-16)24(29)31-22-11-10-20(25)13-19(22)14-26-27-23(28)15-30-21-5-3-4-17(2)12-21/h3-14H,15H2,1-2H3,(H,27,28). The summed E-state index contributed by atoms with van der Waals surface area (Å²) in [5, 5.41) is 3.95. The summed E-state index contributed by atoms with van der Waals surface area (Å²) in [5.74, 6) is 0.0396. The number of hydrogen-bond donors (Lipinski definition) is 1. The van der Waals surface area contributed by atoms with Crippen molar-refractivity contribution in [3.05, 3.63) is 93.5 Å². The number of carbonyl (C=O) groups excluding carboxylic acids is 2. The van der Waals surface area contributed by atoms with Gasteiger partial charge in [-0.1, -0.05) is 45.8 Å². The number of nitrogens with one attached hydrogen (secondary N) is 1. The number of ether oxygens (including phenoxy) is 2. The van der Waals surface area contributed by atoms with E-state index in [0.29, 0.717) is 22.6 Å². The highest BCUT2D eigenvalue weighted by Gasteiger charge is 2.11. The van der Waals surface area contributed by atoms with E-state index in [1.807, 2.05) is 44.2 Å². The fraction of sp³-hybridized carbons (Fsp3) is 0.125. The van der Waals surface area contributed by atoms with Gasteiger partial charge in [0.1, 0.15) is 11.5 Å². The van der Waals surface area contributed by atoms with Crippen LogP contribution in [0.3, 0.4) is 0 Å². The molecule has 7 heteroatoms. The minimum Gasteiger partial charge on any atom is -0.484 e. The monoisotopic (exact) mass is 480 g/mol. The van der Waals surface area contributed by atoms with Gasteiger partial charge in [-0.05, 0) is 61.9 Å². The van der Waals surface area contributed by atoms with Gasteiger partial charge in [0.2, 0.25) is 0 Å². The fourth-order valence-corrected chi connectivity index (χ4v) is 3.00. The molecule has 3 aromatic carbocycles. The van der Waals surface area contributed by atoms with Crippen molar-refractivity contribution in [2.45, 2.75) is 13.8 Å². The van der Waals surface area contributed by atoms with E-state index in [-0.39, 0.29) is 6.61 Å². The van der Waals surface area contributed by atoms with Crippen molar-refractivity contribution in [3.8, 4) is 11.5 Å². The zero-order chi connectivity index (χ0) is 22.2. The van der Waals surface area contributed by atoms with E-state index >= 15 is 0 Å². The maximum Gasteiger partial charge on any atom is 0.343 e. The number of nitrogens with zero attached hydrogens (tertiary/aromatic N) is 1. The second-order valence-electron chi connectivity index (χ2n) is 6.84. The SMILES string of the molecule is Cc1ccc(C(=O)Oc2ccc(Br)cc2C=NNC(=O)COc2cccc(C)c2)cc1. The van der Waals surface area contributed by atoms with Crippen LogP contribution in [0, 0.1) is 13.8 Å². The Hall–Kier alpha value is -3.45. The second-order valence-corrected chi connectivity index (χ2v) is 7.75. The van der Waals surface area contributed by atoms with Crippen LogP contribution in [0.15, 0.2) is 76.3 Å². The van der Waals surface area contributed by atoms with Gasteiger partial charge in [0.25, 0.3) is 5.91 Å². The maximum absolute atomic E-state index is 12.4. The van der Waals surface area contributed by atoms with Crippen LogP contribution in [0.5, 0.6) is 11.5 Å². The molecule has 0 spiro atoms. The van der Waals surface area contributed by atoms with E-state index in [1.54, 1.807) is 36.4 Å². The van der Waals surface area contributed by atoms with Crippen LogP contribution in [0.4, 0.5) is 0 Å². The molecule has 0 saturated carbocycles. The summed E-state index contributed by atoms with van der Waals surface area (Å²) in [6.45, 7) is 3.71. The largest absolute Gasteiger partial charge is 0.484 e. The number of aryl methyl sites for hydroxylation is 2. The van der Waals surface area contributed by atoms with Gasteiger partial charge in [-0.25, -0.2) is 10.2 Å². The predicted molar refractivity (Wildman–Crippen MR) is 123 cm³/mol. The Kier molecular flexibility index (Phi) is 7.56. The third-order valence-corrected chi connectivity index (χ3v) is 4.71. The van der Waals surface area contributed by atoms with Crippen LogP contribution >= 0.6 is 15.9 Å². The van der Waals surface area contributed by atoms with Crippen molar-refractivity contribution in [1.82, 2.24) is 5.43 Å². The number of halogens is 1. The molecule has 0 aromatic heterocycles. The van der Waals surface area contributed by atoms with Gasteiger partial charge in [-0.2, -0.15) is 5.10 Å². The fourth-order valence-electron chi connectivity index (χ4n) is 2.62. The molecule has 31 heavy (non-hydrogen) atoms. The average Bonchev–Trinajstić information content (AvgIpc) is 2.74. The summed E-state index contributed by atoms with van der Waals surface area (Å²) in [5.41, 5.74) is 5.46. The normalized spacial score (nSPS) is 10.7. The molecular weight excluding hydrogens is 460 g/mol. The van der Waals surface area contributed by atoms with Crippen LogP contribution < -0.4 is 14.9 Å². The molecule has 6 nitrogen and oxygen atoms in total. The summed E-state index contributed by atoms with van der Waals surface area (Å²) < 4.78 is 11.7. The molecule has 0 aliphatic rings. The highest BCUT2D eigenvalue weighted by atomic mass is 79.9. The summed E-state index contributed by atoms with van der Waals surface area (Å²) in [4.78, 5) is 24.4. The average molecular weight is 481 g/mol. The number of carbonyl (C=O) groups is 2. The molecule has 0 radical (unpaired) electrons. The number of esters is 1. The van der Waals surface area contributed by atoms with Gasteiger partial charge in [0.05, 0.1) is 11.8 Å². The molecule has 0 bridgehead atoms. The lowest BCUT2D eigenvalue weighted by Crippen LogP contribution is -2.24. The van der Waals surface area contributed by atoms with Crippen LogP contribution in [-0.4, -0.2) is 24.7 Å². The van der Waals surface area contributed by atoms with Gasteiger partial charge in [0, 0.05) is 10.0 Å². The van der Waals surface area contributed by atoms with Gasteiger partial charge >= 0.3 is 5.97 Å². The number of hydrogen-bond acceptors (Lipinski definition) is 5. The van der Waals surface area contributed by atoms with Crippen molar-refractivity contribution in [2.75, 3.05) is 6.61 Å². The molecule has 0 aliphatic heterocycles. The lowest BCUT2D eigenvalue weighted by molar-refractivity contribution is -0.123. The van der Waals surface area contributed by atoms with Crippen molar-refractivity contribution in [1.29, 1.82) is 0 Å². The minimum absolute atomic E-state index is 0.172. The van der Waals surface area contributed by atoms with Gasteiger partial charge in [0.15, 0.2) is 6.61 Å². The molecule has 0 fully saturated rings. The molecule has 0 unspecified atom stereocenters. The molecule has 0 aliphatic carbocycles. The molecule has 0 saturated heterocycles. The Morgan fingerprint density at radius 1 is 1.00 bits per heavy atom. The van der Waals surface area contributed by atoms with Gasteiger partial charge in [-0.15, -0.1) is 0 Å². The quantitative estimate of drug-likeness (QED) is 0.227. The zero-order valence-electron chi connectivity index (χ0n) is 17.1. The summed E-state index contributed by atoms with van der Waals surface area (Å²) in [7, 11) is 0. The van der Waals surface area contributed by atoms with Crippen molar-refractivity contribution < 1.29 is 19.1 Å². The van der Waals surface area contributed by atoms with E-state index in [1.165, 1.54) is 6.21 Å². The Morgan fingerprint density at radius 3 is 2.52 bits per heavy atom. The summed E-state index contributed by atoms with van der Waals surface area (Å²) in [6, 6.07) is 19.7. The first-order valence-electron chi connectivity index (χ1n) is 9.50. The number of benzene rings is 3. The van der Waals surface area contributed by atoms with E-state index in [2.05, 4.69) is 26.5 Å². The van der Waals surface area contributed by atoms with Crippen LogP contribution in [0.25, 0.3) is 0 Å². The Bertz CT molecular complexity index is 1110. The first-order chi connectivity index (χ1) is 14.9. The predicted octanol–water partition coefficient (Wildman–Crippen LogP) is 4.81. The first-order valence-corrected chi connectivity index (χ1v) is 10.3. The van der Waals surface area contributed by atoms with Crippen LogP contribution in [-0.2, 0) is 4.79 Å². The maximum atomic E-state index is 12.4. The molecule has 158 valence electrons. The van der Waals surface area contributed by atoms with Crippen molar-refractivity contribution in [2.24, 2.45) is 5.10 Å². The summed E-state index contributed by atoms with van der Waals surface area (Å²) >= 11 is 3.38. The first kappa shape index (κ1) is 22.2. The zero-order valence-corrected chi connectivity index (χ0v) is 18.7. The molecule has 0 heterocycles. The van der Waals surface area contributed by atoms with Crippen molar-refractivity contribution >= 4 is 34.0 Å². The second kappa shape index (κ2) is 10.5. The molecule has 3 rings (SSSR count). The van der Waals surface area contributed by atoms with Gasteiger partial charge in [-0.3, -0.25) is 4.79 Å². The molecule has 0 atom stereocenters. The third-order valence-electron chi connectivity index (χ3n) is 4.21. The third kappa shape index (κ3) is 6.79. The lowest BCUT2D eigenvalue weighted by Gasteiger charge is -2.08. The highest BCUT2D eigenvalue weighted by Crippen LogP contribution is 2.23. The Labute approximate surface area is 189 Å². The molecule has 3 aromatic rings. The van der Waals surface area contributed by atoms with Crippen LogP contribution in [0.2, 0.25) is 0 Å². The minimum atomic E-state index is -0.479. The highest BCUT2D eigenvalue weighted by molar-refractivity contribution is 9.10. The van der Waals surface area contributed by atoms with Crippen LogP contribution in [0.1, 0.15) is 27.0 Å². The molecule has 1 amide bonds. The van der Waals surface area contributed by atoms with E-state index in [0.717, 1.165) is 15.6 Å². The Morgan fingerprint density at radius 2 is 1.77 bits per heavy atom.